The molecule has 3 heterocycles. The molecule has 2 amide bonds. The summed E-state index contributed by atoms with van der Waals surface area (Å²) in [6.45, 7) is 4.85. The zero-order valence-corrected chi connectivity index (χ0v) is 18.7. The van der Waals surface area contributed by atoms with Crippen LogP contribution in [0.5, 0.6) is 0 Å². The van der Waals surface area contributed by atoms with E-state index in [0.29, 0.717) is 37.0 Å². The zero-order valence-electron chi connectivity index (χ0n) is 18.7. The predicted molar refractivity (Wildman–Crippen MR) is 114 cm³/mol. The maximum Gasteiger partial charge on any atom is 0.451 e. The molecule has 2 aliphatic rings. The zero-order chi connectivity index (χ0) is 24.1. The Morgan fingerprint density at radius 2 is 1.76 bits per heavy atom. The maximum absolute atomic E-state index is 13.1. The molecule has 1 atom stereocenters. The number of rotatable bonds is 3. The van der Waals surface area contributed by atoms with Gasteiger partial charge in [0.15, 0.2) is 0 Å². The van der Waals surface area contributed by atoms with Gasteiger partial charge in [-0.2, -0.15) is 13.2 Å². The molecule has 1 aromatic heterocycles. The smallest absolute Gasteiger partial charge is 0.342 e. The number of piperidine rings is 1. The Balaban J connectivity index is 1.41. The number of benzene rings is 1. The number of likely N-dealkylation sites (tertiary alicyclic amines) is 1. The highest BCUT2D eigenvalue weighted by atomic mass is 19.4. The Labute approximate surface area is 188 Å². The number of alkyl halides is 3. The highest BCUT2D eigenvalue weighted by Crippen LogP contribution is 2.31. The van der Waals surface area contributed by atoms with E-state index in [1.807, 2.05) is 32.0 Å². The van der Waals surface area contributed by atoms with Gasteiger partial charge < -0.3 is 9.80 Å². The molecule has 2 aliphatic heterocycles. The van der Waals surface area contributed by atoms with E-state index in [1.54, 1.807) is 9.80 Å². The van der Waals surface area contributed by atoms with Crippen molar-refractivity contribution in [2.24, 2.45) is 13.0 Å². The third-order valence-electron chi connectivity index (χ3n) is 6.66. The Hall–Kier alpha value is -3.11. The molecule has 4 rings (SSSR count). The van der Waals surface area contributed by atoms with Crippen LogP contribution in [0.2, 0.25) is 0 Å². The summed E-state index contributed by atoms with van der Waals surface area (Å²) >= 11 is 0. The van der Waals surface area contributed by atoms with E-state index in [4.69, 9.17) is 0 Å². The summed E-state index contributed by atoms with van der Waals surface area (Å²) in [5.74, 6) is -1.95. The lowest BCUT2D eigenvalue weighted by Crippen LogP contribution is -2.44. The number of carbonyl (C=O) groups excluding carboxylic acids is 2. The minimum atomic E-state index is -4.72. The second-order valence-corrected chi connectivity index (χ2v) is 8.84. The van der Waals surface area contributed by atoms with Crippen molar-refractivity contribution >= 4 is 17.5 Å². The van der Waals surface area contributed by atoms with Gasteiger partial charge in [0.25, 0.3) is 0 Å². The Morgan fingerprint density at radius 3 is 2.33 bits per heavy atom. The van der Waals surface area contributed by atoms with Gasteiger partial charge in [0, 0.05) is 38.8 Å². The number of hydrogen-bond donors (Lipinski definition) is 0. The van der Waals surface area contributed by atoms with Gasteiger partial charge in [0.05, 0.1) is 12.0 Å². The second-order valence-electron chi connectivity index (χ2n) is 8.84. The predicted octanol–water partition coefficient (Wildman–Crippen LogP) is 2.43. The normalized spacial score (nSPS) is 20.1. The molecule has 33 heavy (non-hydrogen) atoms. The summed E-state index contributed by atoms with van der Waals surface area (Å²) in [6.07, 6.45) is -3.95. The van der Waals surface area contributed by atoms with Crippen LogP contribution in [0.25, 0.3) is 0 Å². The third kappa shape index (κ3) is 4.28. The fourth-order valence-electron chi connectivity index (χ4n) is 4.55. The number of aromatic nitrogens is 3. The first-order chi connectivity index (χ1) is 15.5. The van der Waals surface area contributed by atoms with Crippen molar-refractivity contribution in [1.29, 1.82) is 0 Å². The molecule has 0 bridgehead atoms. The van der Waals surface area contributed by atoms with Crippen molar-refractivity contribution in [3.63, 3.8) is 0 Å². The van der Waals surface area contributed by atoms with E-state index >= 15 is 0 Å². The summed E-state index contributed by atoms with van der Waals surface area (Å²) < 4.78 is 40.6. The van der Waals surface area contributed by atoms with E-state index in [-0.39, 0.29) is 18.2 Å². The molecule has 0 N–H and O–H groups in total. The fourth-order valence-corrected chi connectivity index (χ4v) is 4.55. The molecule has 0 spiro atoms. The summed E-state index contributed by atoms with van der Waals surface area (Å²) in [5.41, 5.74) is 2.13. The lowest BCUT2D eigenvalue weighted by Gasteiger charge is -2.33. The molecule has 1 unspecified atom stereocenters. The number of carbonyl (C=O) groups is 2. The Bertz CT molecular complexity index is 1150. The van der Waals surface area contributed by atoms with Crippen LogP contribution < -0.4 is 10.6 Å². The lowest BCUT2D eigenvalue weighted by atomic mass is 10.0. The number of anilines is 1. The lowest BCUT2D eigenvalue weighted by molar-refractivity contribution is -0.147. The minimum Gasteiger partial charge on any atom is -0.342 e. The third-order valence-corrected chi connectivity index (χ3v) is 6.66. The first kappa shape index (κ1) is 23.1. The molecule has 11 heteroatoms. The number of hydrogen-bond acceptors (Lipinski definition) is 4. The first-order valence-electron chi connectivity index (χ1n) is 10.9. The molecule has 0 radical (unpaired) electrons. The van der Waals surface area contributed by atoms with Crippen molar-refractivity contribution < 1.29 is 22.8 Å². The van der Waals surface area contributed by atoms with Gasteiger partial charge in [-0.15, -0.1) is 5.10 Å². The average molecular weight is 465 g/mol. The monoisotopic (exact) mass is 465 g/mol. The van der Waals surface area contributed by atoms with Crippen LogP contribution in [0.15, 0.2) is 23.0 Å². The van der Waals surface area contributed by atoms with Crippen LogP contribution >= 0.6 is 0 Å². The molecule has 2 saturated heterocycles. The van der Waals surface area contributed by atoms with Gasteiger partial charge in [0.2, 0.25) is 17.6 Å². The largest absolute Gasteiger partial charge is 0.451 e. The number of amides is 2. The highest BCUT2D eigenvalue weighted by molar-refractivity contribution is 6.00. The summed E-state index contributed by atoms with van der Waals surface area (Å²) in [7, 11) is 1.05. The highest BCUT2D eigenvalue weighted by Gasteiger charge is 2.41. The SMILES string of the molecule is Cc1ccc(N2CC(C(=O)N3CCC(n4nc(C(F)(F)F)n(C)c4=O)CC3)CC2=O)cc1C. The quantitative estimate of drug-likeness (QED) is 0.698. The molecular weight excluding hydrogens is 439 g/mol. The summed E-state index contributed by atoms with van der Waals surface area (Å²) in [6, 6.07) is 5.24. The van der Waals surface area contributed by atoms with Gasteiger partial charge >= 0.3 is 11.9 Å². The van der Waals surface area contributed by atoms with Crippen LogP contribution in [0.1, 0.15) is 42.3 Å². The Morgan fingerprint density at radius 1 is 1.09 bits per heavy atom. The molecule has 0 aliphatic carbocycles. The summed E-state index contributed by atoms with van der Waals surface area (Å²) in [5, 5.41) is 3.51. The fraction of sp³-hybridized carbons (Fsp3) is 0.545. The van der Waals surface area contributed by atoms with Crippen LogP contribution in [0.4, 0.5) is 18.9 Å². The van der Waals surface area contributed by atoms with E-state index in [9.17, 15) is 27.6 Å². The van der Waals surface area contributed by atoms with Crippen molar-refractivity contribution in [2.45, 2.75) is 45.3 Å². The second kappa shape index (κ2) is 8.35. The number of halogens is 3. The van der Waals surface area contributed by atoms with Crippen molar-refractivity contribution in [3.8, 4) is 0 Å². The van der Waals surface area contributed by atoms with Gasteiger partial charge in [-0.1, -0.05) is 6.07 Å². The minimum absolute atomic E-state index is 0.105. The topological polar surface area (TPSA) is 80.4 Å². The molecule has 178 valence electrons. The van der Waals surface area contributed by atoms with E-state index < -0.39 is 29.7 Å². The average Bonchev–Trinajstić information content (AvgIpc) is 3.30. The number of nitrogens with zero attached hydrogens (tertiary/aromatic N) is 5. The Kier molecular flexibility index (Phi) is 5.83. The van der Waals surface area contributed by atoms with Gasteiger partial charge in [-0.3, -0.25) is 14.2 Å². The van der Waals surface area contributed by atoms with E-state index in [0.717, 1.165) is 28.5 Å². The molecule has 0 saturated carbocycles. The molecule has 8 nitrogen and oxygen atoms in total. The van der Waals surface area contributed by atoms with Gasteiger partial charge in [0.1, 0.15) is 0 Å². The maximum atomic E-state index is 13.1. The van der Waals surface area contributed by atoms with Crippen LogP contribution in [-0.2, 0) is 22.8 Å². The van der Waals surface area contributed by atoms with Gasteiger partial charge in [-0.05, 0) is 49.9 Å². The first-order valence-corrected chi connectivity index (χ1v) is 10.9. The van der Waals surface area contributed by atoms with Crippen molar-refractivity contribution in [1.82, 2.24) is 19.2 Å². The molecular formula is C22H26F3N5O3. The van der Waals surface area contributed by atoms with Crippen LogP contribution in [0, 0.1) is 19.8 Å². The molecule has 2 aromatic rings. The van der Waals surface area contributed by atoms with E-state index in [1.165, 1.54) is 0 Å². The van der Waals surface area contributed by atoms with Crippen LogP contribution in [0.3, 0.4) is 0 Å². The van der Waals surface area contributed by atoms with E-state index in [2.05, 4.69) is 5.10 Å². The summed E-state index contributed by atoms with van der Waals surface area (Å²) in [4.78, 5) is 41.1. The molecule has 1 aromatic carbocycles. The van der Waals surface area contributed by atoms with Crippen molar-refractivity contribution in [3.05, 3.63) is 45.6 Å². The van der Waals surface area contributed by atoms with Crippen molar-refractivity contribution in [2.75, 3.05) is 24.5 Å². The van der Waals surface area contributed by atoms with Gasteiger partial charge in [-0.25, -0.2) is 9.48 Å². The molecule has 2 fully saturated rings. The standard InChI is InChI=1S/C22H26F3N5O3/c1-13-4-5-17(10-14(13)2)29-12-15(11-18(29)31)19(32)28-8-6-16(7-9-28)30-21(33)27(3)20(26-30)22(23,24)25/h4-5,10,15-16H,6-9,11-12H2,1-3H3. The van der Waals surface area contributed by atoms with Crippen LogP contribution in [-0.4, -0.2) is 50.7 Å². The number of aryl methyl sites for hydroxylation is 2.